The number of ether oxygens (including phenoxy) is 2. The van der Waals surface area contributed by atoms with Crippen molar-refractivity contribution in [1.29, 1.82) is 0 Å². The van der Waals surface area contributed by atoms with Crippen LogP contribution in [0.3, 0.4) is 0 Å². The Labute approximate surface area is 144 Å². The molecule has 132 valence electrons. The fraction of sp³-hybridized carbons (Fsp3) is 0.222. The number of amides is 2. The number of benzene rings is 2. The van der Waals surface area contributed by atoms with Gasteiger partial charge in [-0.15, -0.1) is 0 Å². The quantitative estimate of drug-likeness (QED) is 0.785. The highest BCUT2D eigenvalue weighted by Gasteiger charge is 2.10. The molecule has 0 spiro atoms. The molecule has 6 nitrogen and oxygen atoms in total. The van der Waals surface area contributed by atoms with Crippen LogP contribution in [0.4, 0.5) is 4.39 Å². The lowest BCUT2D eigenvalue weighted by Crippen LogP contribution is -2.45. The predicted octanol–water partition coefficient (Wildman–Crippen LogP) is 2.05. The molecule has 0 aliphatic carbocycles. The van der Waals surface area contributed by atoms with Crippen LogP contribution in [0.5, 0.6) is 11.5 Å². The van der Waals surface area contributed by atoms with Crippen LogP contribution >= 0.6 is 0 Å². The molecular formula is C18H19FN2O4. The number of halogens is 1. The molecular weight excluding hydrogens is 327 g/mol. The first-order valence-electron chi connectivity index (χ1n) is 7.61. The zero-order valence-electron chi connectivity index (χ0n) is 14.0. The van der Waals surface area contributed by atoms with Crippen molar-refractivity contribution >= 4 is 11.8 Å². The minimum absolute atomic E-state index is 0.0395. The van der Waals surface area contributed by atoms with Gasteiger partial charge in [0.2, 0.25) is 0 Å². The molecule has 0 saturated heterocycles. The van der Waals surface area contributed by atoms with Crippen LogP contribution in [0.2, 0.25) is 0 Å². The van der Waals surface area contributed by atoms with E-state index in [1.807, 2.05) is 32.0 Å². The number of hydrogen-bond acceptors (Lipinski definition) is 4. The Morgan fingerprint density at radius 3 is 2.04 bits per heavy atom. The summed E-state index contributed by atoms with van der Waals surface area (Å²) in [7, 11) is 0. The molecule has 0 aliphatic heterocycles. The van der Waals surface area contributed by atoms with E-state index >= 15 is 0 Å². The highest BCUT2D eigenvalue weighted by molar-refractivity contribution is 5.83. The Morgan fingerprint density at radius 2 is 1.44 bits per heavy atom. The number of hydrazine groups is 1. The van der Waals surface area contributed by atoms with Gasteiger partial charge in [0.15, 0.2) is 24.8 Å². The van der Waals surface area contributed by atoms with E-state index in [0.29, 0.717) is 5.75 Å². The summed E-state index contributed by atoms with van der Waals surface area (Å²) in [6, 6.07) is 11.4. The number of carbonyl (C=O) groups is 2. The maximum atomic E-state index is 13.3. The monoisotopic (exact) mass is 346 g/mol. The second-order valence-electron chi connectivity index (χ2n) is 5.33. The Bertz CT molecular complexity index is 744. The van der Waals surface area contributed by atoms with Crippen LogP contribution in [0.15, 0.2) is 42.5 Å². The molecule has 25 heavy (non-hydrogen) atoms. The van der Waals surface area contributed by atoms with E-state index in [4.69, 9.17) is 9.47 Å². The van der Waals surface area contributed by atoms with Gasteiger partial charge in [0.05, 0.1) is 0 Å². The maximum Gasteiger partial charge on any atom is 0.276 e. The van der Waals surface area contributed by atoms with Gasteiger partial charge in [0.1, 0.15) is 5.75 Å². The Morgan fingerprint density at radius 1 is 0.880 bits per heavy atom. The van der Waals surface area contributed by atoms with Crippen LogP contribution in [0.25, 0.3) is 0 Å². The maximum absolute atomic E-state index is 13.3. The smallest absolute Gasteiger partial charge is 0.276 e. The van der Waals surface area contributed by atoms with Crippen molar-refractivity contribution < 1.29 is 23.5 Å². The highest BCUT2D eigenvalue weighted by Crippen LogP contribution is 2.21. The number of nitrogens with one attached hydrogen (secondary N) is 2. The molecule has 0 bridgehead atoms. The van der Waals surface area contributed by atoms with E-state index in [2.05, 4.69) is 10.9 Å². The number of carbonyl (C=O) groups excluding carboxylic acids is 2. The van der Waals surface area contributed by atoms with Crippen molar-refractivity contribution in [3.63, 3.8) is 0 Å². The molecule has 2 aromatic rings. The number of rotatable bonds is 6. The van der Waals surface area contributed by atoms with Crippen LogP contribution in [0, 0.1) is 19.7 Å². The Kier molecular flexibility index (Phi) is 6.33. The van der Waals surface area contributed by atoms with Crippen molar-refractivity contribution in [3.8, 4) is 11.5 Å². The fourth-order valence-electron chi connectivity index (χ4n) is 2.08. The molecule has 0 saturated carbocycles. The van der Waals surface area contributed by atoms with Gasteiger partial charge < -0.3 is 9.47 Å². The zero-order chi connectivity index (χ0) is 18.2. The van der Waals surface area contributed by atoms with Crippen molar-refractivity contribution in [2.24, 2.45) is 0 Å². The number of para-hydroxylation sites is 2. The third-order valence-electron chi connectivity index (χ3n) is 3.29. The summed E-state index contributed by atoms with van der Waals surface area (Å²) in [5, 5.41) is 0. The molecule has 2 amide bonds. The largest absolute Gasteiger partial charge is 0.483 e. The van der Waals surface area contributed by atoms with Gasteiger partial charge in [0, 0.05) is 0 Å². The lowest BCUT2D eigenvalue weighted by Gasteiger charge is -2.12. The summed E-state index contributed by atoms with van der Waals surface area (Å²) in [5.41, 5.74) is 6.20. The molecule has 7 heteroatoms. The minimum atomic E-state index is -0.622. The standard InChI is InChI=1S/C18H19FN2O4/c1-12-6-5-7-13(2)18(12)25-11-17(23)21-20-16(22)10-24-15-9-4-3-8-14(15)19/h3-9H,10-11H2,1-2H3,(H,20,22)(H,21,23). The van der Waals surface area contributed by atoms with Gasteiger partial charge in [-0.2, -0.15) is 0 Å². The molecule has 2 aromatic carbocycles. The summed E-state index contributed by atoms with van der Waals surface area (Å²) in [4.78, 5) is 23.3. The van der Waals surface area contributed by atoms with Gasteiger partial charge in [0.25, 0.3) is 11.8 Å². The van der Waals surface area contributed by atoms with Gasteiger partial charge in [-0.25, -0.2) is 4.39 Å². The zero-order valence-corrected chi connectivity index (χ0v) is 14.0. The first-order chi connectivity index (χ1) is 12.0. The van der Waals surface area contributed by atoms with E-state index < -0.39 is 24.2 Å². The average molecular weight is 346 g/mol. The van der Waals surface area contributed by atoms with Crippen molar-refractivity contribution in [2.45, 2.75) is 13.8 Å². The SMILES string of the molecule is Cc1cccc(C)c1OCC(=O)NNC(=O)COc1ccccc1F. The van der Waals surface area contributed by atoms with E-state index in [0.717, 1.165) is 11.1 Å². The fourth-order valence-corrected chi connectivity index (χ4v) is 2.08. The topological polar surface area (TPSA) is 76.7 Å². The van der Waals surface area contributed by atoms with Crippen LogP contribution in [-0.4, -0.2) is 25.0 Å². The summed E-state index contributed by atoms with van der Waals surface area (Å²) in [6.45, 7) is 3.07. The lowest BCUT2D eigenvalue weighted by molar-refractivity contribution is -0.131. The van der Waals surface area contributed by atoms with E-state index in [9.17, 15) is 14.0 Å². The highest BCUT2D eigenvalue weighted by atomic mass is 19.1. The predicted molar refractivity (Wildman–Crippen MR) is 89.6 cm³/mol. The lowest BCUT2D eigenvalue weighted by atomic mass is 10.1. The van der Waals surface area contributed by atoms with Gasteiger partial charge in [-0.3, -0.25) is 20.4 Å². The van der Waals surface area contributed by atoms with Crippen LogP contribution in [0.1, 0.15) is 11.1 Å². The minimum Gasteiger partial charge on any atom is -0.483 e. The molecule has 0 aliphatic rings. The Hall–Kier alpha value is -3.09. The first kappa shape index (κ1) is 18.3. The molecule has 0 atom stereocenters. The molecule has 2 rings (SSSR count). The first-order valence-corrected chi connectivity index (χ1v) is 7.61. The molecule has 0 heterocycles. The summed E-state index contributed by atoms with van der Waals surface area (Å²) < 4.78 is 23.8. The molecule has 0 radical (unpaired) electrons. The van der Waals surface area contributed by atoms with Crippen molar-refractivity contribution in [3.05, 3.63) is 59.4 Å². The van der Waals surface area contributed by atoms with Crippen molar-refractivity contribution in [2.75, 3.05) is 13.2 Å². The van der Waals surface area contributed by atoms with Gasteiger partial charge in [-0.1, -0.05) is 30.3 Å². The average Bonchev–Trinajstić information content (AvgIpc) is 2.59. The van der Waals surface area contributed by atoms with Crippen LogP contribution < -0.4 is 20.3 Å². The normalized spacial score (nSPS) is 10.0. The number of aryl methyl sites for hydroxylation is 2. The summed E-state index contributed by atoms with van der Waals surface area (Å²) >= 11 is 0. The Balaban J connectivity index is 1.72. The molecule has 2 N–H and O–H groups in total. The van der Waals surface area contributed by atoms with E-state index in [1.54, 1.807) is 6.07 Å². The van der Waals surface area contributed by atoms with Gasteiger partial charge in [-0.05, 0) is 37.1 Å². The molecule has 0 aromatic heterocycles. The van der Waals surface area contributed by atoms with Crippen LogP contribution in [-0.2, 0) is 9.59 Å². The number of hydrogen-bond donors (Lipinski definition) is 2. The molecule has 0 fully saturated rings. The van der Waals surface area contributed by atoms with Gasteiger partial charge >= 0.3 is 0 Å². The van der Waals surface area contributed by atoms with Crippen molar-refractivity contribution in [1.82, 2.24) is 10.9 Å². The third kappa shape index (κ3) is 5.49. The second-order valence-corrected chi connectivity index (χ2v) is 5.33. The second kappa shape index (κ2) is 8.68. The summed E-state index contributed by atoms with van der Waals surface area (Å²) in [5.74, 6) is -1.12. The summed E-state index contributed by atoms with van der Waals surface area (Å²) in [6.07, 6.45) is 0. The third-order valence-corrected chi connectivity index (χ3v) is 3.29. The van der Waals surface area contributed by atoms with E-state index in [1.165, 1.54) is 18.2 Å². The van der Waals surface area contributed by atoms with E-state index in [-0.39, 0.29) is 12.4 Å². The molecule has 0 unspecified atom stereocenters.